The molecular formula is C10H10F2O2. The monoisotopic (exact) mass is 200 g/mol. The van der Waals surface area contributed by atoms with E-state index in [-0.39, 0.29) is 17.8 Å². The fourth-order valence-electron chi connectivity index (χ4n) is 1.10. The van der Waals surface area contributed by atoms with Crippen LogP contribution in [0.5, 0.6) is 5.75 Å². The summed E-state index contributed by atoms with van der Waals surface area (Å²) in [5.41, 5.74) is -0.0420. The molecule has 1 rings (SSSR count). The van der Waals surface area contributed by atoms with Gasteiger partial charge in [-0.05, 0) is 18.6 Å². The molecule has 14 heavy (non-hydrogen) atoms. The van der Waals surface area contributed by atoms with E-state index in [0.717, 1.165) is 12.1 Å². The van der Waals surface area contributed by atoms with Gasteiger partial charge in [0.15, 0.2) is 23.2 Å². The SMILES string of the molecule is CCCC(=O)c1cc(F)c(O)c(F)c1. The van der Waals surface area contributed by atoms with Gasteiger partial charge < -0.3 is 5.11 Å². The van der Waals surface area contributed by atoms with Gasteiger partial charge in [-0.1, -0.05) is 6.92 Å². The van der Waals surface area contributed by atoms with Crippen LogP contribution < -0.4 is 0 Å². The maximum absolute atomic E-state index is 12.8. The number of hydrogen-bond donors (Lipinski definition) is 1. The number of hydrogen-bond acceptors (Lipinski definition) is 2. The van der Waals surface area contributed by atoms with Gasteiger partial charge in [-0.2, -0.15) is 0 Å². The van der Waals surface area contributed by atoms with Crippen LogP contribution in [0.1, 0.15) is 30.1 Å². The second-order valence-corrected chi connectivity index (χ2v) is 2.96. The van der Waals surface area contributed by atoms with Crippen molar-refractivity contribution in [2.24, 2.45) is 0 Å². The number of halogens is 2. The lowest BCUT2D eigenvalue weighted by atomic mass is 10.1. The molecule has 0 unspecified atom stereocenters. The smallest absolute Gasteiger partial charge is 0.187 e. The van der Waals surface area contributed by atoms with E-state index in [1.165, 1.54) is 0 Å². The molecule has 0 amide bonds. The van der Waals surface area contributed by atoms with Crippen LogP contribution in [0.3, 0.4) is 0 Å². The van der Waals surface area contributed by atoms with Crippen LogP contribution in [-0.4, -0.2) is 10.9 Å². The lowest BCUT2D eigenvalue weighted by Crippen LogP contribution is -2.00. The summed E-state index contributed by atoms with van der Waals surface area (Å²) < 4.78 is 25.6. The Morgan fingerprint density at radius 2 is 1.86 bits per heavy atom. The van der Waals surface area contributed by atoms with E-state index < -0.39 is 17.4 Å². The summed E-state index contributed by atoms with van der Waals surface area (Å²) in [6, 6.07) is 1.69. The summed E-state index contributed by atoms with van der Waals surface area (Å²) in [5.74, 6) is -3.59. The number of rotatable bonds is 3. The lowest BCUT2D eigenvalue weighted by molar-refractivity contribution is 0.0980. The Hall–Kier alpha value is -1.45. The Kier molecular flexibility index (Phi) is 3.17. The topological polar surface area (TPSA) is 37.3 Å². The van der Waals surface area contributed by atoms with Gasteiger partial charge in [0.25, 0.3) is 0 Å². The number of carbonyl (C=O) groups is 1. The highest BCUT2D eigenvalue weighted by Crippen LogP contribution is 2.22. The van der Waals surface area contributed by atoms with Crippen LogP contribution in [-0.2, 0) is 0 Å². The molecule has 1 aromatic carbocycles. The van der Waals surface area contributed by atoms with Crippen LogP contribution in [0, 0.1) is 11.6 Å². The van der Waals surface area contributed by atoms with Crippen molar-refractivity contribution in [3.63, 3.8) is 0 Å². The highest BCUT2D eigenvalue weighted by Gasteiger charge is 2.13. The Morgan fingerprint density at radius 1 is 1.36 bits per heavy atom. The summed E-state index contributed by atoms with van der Waals surface area (Å²) >= 11 is 0. The van der Waals surface area contributed by atoms with Crippen molar-refractivity contribution in [3.05, 3.63) is 29.3 Å². The minimum Gasteiger partial charge on any atom is -0.503 e. The first-order chi connectivity index (χ1) is 6.56. The minimum absolute atomic E-state index is 0.0420. The van der Waals surface area contributed by atoms with E-state index in [1.54, 1.807) is 6.92 Å². The van der Waals surface area contributed by atoms with Crippen molar-refractivity contribution in [2.45, 2.75) is 19.8 Å². The van der Waals surface area contributed by atoms with Crippen LogP contribution in [0.15, 0.2) is 12.1 Å². The molecular weight excluding hydrogens is 190 g/mol. The summed E-state index contributed by atoms with van der Waals surface area (Å²) in [6.45, 7) is 1.80. The molecule has 0 saturated carbocycles. The van der Waals surface area contributed by atoms with Gasteiger partial charge >= 0.3 is 0 Å². The molecule has 0 atom stereocenters. The van der Waals surface area contributed by atoms with Crippen molar-refractivity contribution < 1.29 is 18.7 Å². The van der Waals surface area contributed by atoms with E-state index in [0.29, 0.717) is 6.42 Å². The molecule has 0 bridgehead atoms. The summed E-state index contributed by atoms with van der Waals surface area (Å²) in [5, 5.41) is 8.78. The largest absolute Gasteiger partial charge is 0.503 e. The van der Waals surface area contributed by atoms with Gasteiger partial charge in [0.05, 0.1) is 0 Å². The molecule has 1 N–H and O–H groups in total. The van der Waals surface area contributed by atoms with Gasteiger partial charge in [0.1, 0.15) is 0 Å². The molecule has 2 nitrogen and oxygen atoms in total. The molecule has 0 aliphatic carbocycles. The summed E-state index contributed by atoms with van der Waals surface area (Å²) in [7, 11) is 0. The third-order valence-electron chi connectivity index (χ3n) is 1.82. The van der Waals surface area contributed by atoms with Gasteiger partial charge in [-0.25, -0.2) is 8.78 Å². The Balaban J connectivity index is 3.06. The molecule has 0 aliphatic heterocycles. The zero-order valence-corrected chi connectivity index (χ0v) is 7.68. The Bertz CT molecular complexity index is 338. The van der Waals surface area contributed by atoms with Crippen molar-refractivity contribution in [2.75, 3.05) is 0 Å². The number of ketones is 1. The number of benzene rings is 1. The highest BCUT2D eigenvalue weighted by atomic mass is 19.1. The molecule has 0 fully saturated rings. The van der Waals surface area contributed by atoms with Gasteiger partial charge in [-0.3, -0.25) is 4.79 Å². The Labute approximate surface area is 80.2 Å². The lowest BCUT2D eigenvalue weighted by Gasteiger charge is -2.02. The molecule has 0 heterocycles. The second kappa shape index (κ2) is 4.17. The first-order valence-electron chi connectivity index (χ1n) is 4.27. The molecule has 1 aromatic rings. The zero-order valence-electron chi connectivity index (χ0n) is 7.68. The average Bonchev–Trinajstić information content (AvgIpc) is 2.13. The van der Waals surface area contributed by atoms with Crippen molar-refractivity contribution >= 4 is 5.78 Å². The first kappa shape index (κ1) is 10.6. The normalized spacial score (nSPS) is 10.2. The van der Waals surface area contributed by atoms with E-state index >= 15 is 0 Å². The van der Waals surface area contributed by atoms with Crippen molar-refractivity contribution in [1.82, 2.24) is 0 Å². The minimum atomic E-state index is -1.11. The van der Waals surface area contributed by atoms with Gasteiger partial charge in [-0.15, -0.1) is 0 Å². The van der Waals surface area contributed by atoms with Crippen LogP contribution in [0.4, 0.5) is 8.78 Å². The predicted molar refractivity (Wildman–Crippen MR) is 47.3 cm³/mol. The fraction of sp³-hybridized carbons (Fsp3) is 0.300. The van der Waals surface area contributed by atoms with Crippen LogP contribution >= 0.6 is 0 Å². The van der Waals surface area contributed by atoms with Crippen molar-refractivity contribution in [1.29, 1.82) is 0 Å². The maximum atomic E-state index is 12.8. The molecule has 0 spiro atoms. The van der Waals surface area contributed by atoms with Crippen LogP contribution in [0.25, 0.3) is 0 Å². The van der Waals surface area contributed by atoms with E-state index in [1.807, 2.05) is 0 Å². The highest BCUT2D eigenvalue weighted by molar-refractivity contribution is 5.96. The molecule has 0 saturated heterocycles. The molecule has 0 radical (unpaired) electrons. The predicted octanol–water partition coefficient (Wildman–Crippen LogP) is 2.65. The number of carbonyl (C=O) groups excluding carboxylic acids is 1. The first-order valence-corrected chi connectivity index (χ1v) is 4.27. The fourth-order valence-corrected chi connectivity index (χ4v) is 1.10. The standard InChI is InChI=1S/C10H10F2O2/c1-2-3-9(13)6-4-7(11)10(14)8(12)5-6/h4-5,14H,2-3H2,1H3. The summed E-state index contributed by atoms with van der Waals surface area (Å²) in [4.78, 5) is 11.2. The maximum Gasteiger partial charge on any atom is 0.187 e. The zero-order chi connectivity index (χ0) is 10.7. The molecule has 0 aromatic heterocycles. The number of Topliss-reactive ketones (excluding diaryl/α,β-unsaturated/α-hetero) is 1. The summed E-state index contributed by atoms with van der Waals surface area (Å²) in [6.07, 6.45) is 0.854. The van der Waals surface area contributed by atoms with E-state index in [4.69, 9.17) is 5.11 Å². The number of phenolic OH excluding ortho intramolecular Hbond substituents is 1. The van der Waals surface area contributed by atoms with E-state index in [2.05, 4.69) is 0 Å². The van der Waals surface area contributed by atoms with Gasteiger partial charge in [0, 0.05) is 12.0 Å². The molecule has 4 heteroatoms. The third-order valence-corrected chi connectivity index (χ3v) is 1.82. The number of phenols is 1. The van der Waals surface area contributed by atoms with E-state index in [9.17, 15) is 13.6 Å². The quantitative estimate of drug-likeness (QED) is 0.761. The molecule has 0 aliphatic rings. The molecule has 76 valence electrons. The van der Waals surface area contributed by atoms with Crippen molar-refractivity contribution in [3.8, 4) is 5.75 Å². The van der Waals surface area contributed by atoms with Gasteiger partial charge in [0.2, 0.25) is 0 Å². The third kappa shape index (κ3) is 2.07. The number of aromatic hydroxyl groups is 1. The second-order valence-electron chi connectivity index (χ2n) is 2.96. The van der Waals surface area contributed by atoms with Crippen LogP contribution in [0.2, 0.25) is 0 Å². The Morgan fingerprint density at radius 3 is 2.29 bits per heavy atom. The average molecular weight is 200 g/mol.